The van der Waals surface area contributed by atoms with E-state index in [1.165, 1.54) is 103 Å². The Morgan fingerprint density at radius 2 is 0.566 bits per heavy atom. The lowest BCUT2D eigenvalue weighted by molar-refractivity contribution is -0.161. The molecule has 0 saturated carbocycles. The zero-order valence-electron chi connectivity index (χ0n) is 49.0. The van der Waals surface area contributed by atoms with Crippen LogP contribution in [-0.4, -0.2) is 36.4 Å². The Bertz CT molecular complexity index is 1660. The van der Waals surface area contributed by atoms with Crippen LogP contribution >= 0.6 is 0 Å². The van der Waals surface area contributed by atoms with Crippen molar-refractivity contribution in [1.29, 1.82) is 0 Å². The SMILES string of the molecule is CC/C=C\C/C=C\C/C=C\C/C=C\C/C=C\C/C=C\C/C=C\C/C=C\C/C=C\C/C=C\CCCCCCCCCCC(=O)OC(CO)COC(=O)CCCCCCCCCC/C=C\C/C=C\C/C=C\CCCCCCC. The molecule has 0 aliphatic heterocycles. The van der Waals surface area contributed by atoms with Gasteiger partial charge in [0.05, 0.1) is 6.61 Å². The second-order valence-corrected chi connectivity index (χ2v) is 20.0. The highest BCUT2D eigenvalue weighted by Gasteiger charge is 2.16. The summed E-state index contributed by atoms with van der Waals surface area (Å²) in [7, 11) is 0. The predicted molar refractivity (Wildman–Crippen MR) is 334 cm³/mol. The minimum atomic E-state index is -0.792. The molecule has 0 heterocycles. The molecular formula is C71H114O5. The molecule has 0 aliphatic rings. The zero-order valence-corrected chi connectivity index (χ0v) is 49.0. The minimum absolute atomic E-state index is 0.0820. The van der Waals surface area contributed by atoms with Gasteiger partial charge in [-0.3, -0.25) is 9.59 Å². The first-order chi connectivity index (χ1) is 37.6. The second kappa shape index (κ2) is 64.8. The Kier molecular flexibility index (Phi) is 61.0. The van der Waals surface area contributed by atoms with Gasteiger partial charge >= 0.3 is 11.9 Å². The highest BCUT2D eigenvalue weighted by atomic mass is 16.6. The van der Waals surface area contributed by atoms with Crippen LogP contribution in [-0.2, 0) is 19.1 Å². The lowest BCUT2D eigenvalue weighted by Crippen LogP contribution is -2.28. The molecule has 0 aromatic heterocycles. The van der Waals surface area contributed by atoms with Crippen molar-refractivity contribution in [3.63, 3.8) is 0 Å². The maximum absolute atomic E-state index is 12.3. The van der Waals surface area contributed by atoms with Gasteiger partial charge in [-0.2, -0.15) is 0 Å². The number of unbranched alkanes of at least 4 members (excludes halogenated alkanes) is 21. The second-order valence-electron chi connectivity index (χ2n) is 20.0. The summed E-state index contributed by atoms with van der Waals surface area (Å²) in [6, 6.07) is 0. The molecular weight excluding hydrogens is 933 g/mol. The van der Waals surface area contributed by atoms with Crippen LogP contribution in [0.1, 0.15) is 258 Å². The molecule has 0 amide bonds. The number of aliphatic hydroxyl groups is 1. The van der Waals surface area contributed by atoms with Gasteiger partial charge in [0.15, 0.2) is 6.10 Å². The third-order valence-electron chi connectivity index (χ3n) is 12.8. The van der Waals surface area contributed by atoms with Crippen LogP contribution in [0, 0.1) is 0 Å². The van der Waals surface area contributed by atoms with Crippen molar-refractivity contribution in [2.24, 2.45) is 0 Å². The molecule has 0 fully saturated rings. The van der Waals surface area contributed by atoms with E-state index in [9.17, 15) is 14.7 Å². The van der Waals surface area contributed by atoms with Gasteiger partial charge in [0, 0.05) is 12.8 Å². The molecule has 76 heavy (non-hydrogen) atoms. The van der Waals surface area contributed by atoms with Crippen LogP contribution in [0.5, 0.6) is 0 Å². The molecule has 0 aliphatic carbocycles. The van der Waals surface area contributed by atoms with Gasteiger partial charge in [-0.1, -0.05) is 275 Å². The average Bonchev–Trinajstić information content (AvgIpc) is 3.42. The minimum Gasteiger partial charge on any atom is -0.462 e. The average molecular weight is 1050 g/mol. The third-order valence-corrected chi connectivity index (χ3v) is 12.8. The lowest BCUT2D eigenvalue weighted by atomic mass is 10.1. The Morgan fingerprint density at radius 1 is 0.316 bits per heavy atom. The Balaban J connectivity index is 3.61. The maximum atomic E-state index is 12.3. The summed E-state index contributed by atoms with van der Waals surface area (Å²) in [6.45, 7) is 4.00. The van der Waals surface area contributed by atoms with Crippen molar-refractivity contribution in [2.45, 2.75) is 264 Å². The normalized spacial score (nSPS) is 13.4. The molecule has 1 atom stereocenters. The molecule has 1 N–H and O–H groups in total. The number of carbonyl (C=O) groups excluding carboxylic acids is 2. The fourth-order valence-electron chi connectivity index (χ4n) is 8.18. The van der Waals surface area contributed by atoms with E-state index >= 15 is 0 Å². The molecule has 0 spiro atoms. The summed E-state index contributed by atoms with van der Waals surface area (Å²) in [6.07, 6.45) is 99.3. The van der Waals surface area contributed by atoms with Crippen LogP contribution in [0.3, 0.4) is 0 Å². The standard InChI is InChI=1S/C71H114O5/c1-3-5-7-9-11-13-15-17-19-21-23-25-27-28-29-30-31-32-33-34-35-36-37-38-39-40-41-42-44-46-48-50-52-54-56-58-60-62-64-66-71(74)76-69(67-72)68-75-70(73)65-63-61-59-57-55-53-51-49-47-45-43-26-24-22-20-18-16-14-12-10-8-6-4-2/h5,7,11,13,16-19,22-25,28-29,31-32,34-35,37-38,40-41,43-46,69,72H,3-4,6,8-10,12,14-15,20-21,26-27,30,33,36,39,42,47-68H2,1-2H3/b7-5-,13-11-,18-16-,19-17-,24-22-,25-23-,29-28-,32-31-,35-34-,38-37-,41-40-,45-43-,46-44-. The number of rotatable bonds is 55. The van der Waals surface area contributed by atoms with Crippen molar-refractivity contribution in [3.05, 3.63) is 158 Å². The van der Waals surface area contributed by atoms with E-state index in [4.69, 9.17) is 9.47 Å². The molecule has 0 aromatic carbocycles. The van der Waals surface area contributed by atoms with E-state index in [0.29, 0.717) is 12.8 Å². The summed E-state index contributed by atoms with van der Waals surface area (Å²) in [5.41, 5.74) is 0. The van der Waals surface area contributed by atoms with Gasteiger partial charge in [-0.05, 0) is 128 Å². The fraction of sp³-hybridized carbons (Fsp3) is 0.606. The van der Waals surface area contributed by atoms with E-state index in [0.717, 1.165) is 128 Å². The van der Waals surface area contributed by atoms with Gasteiger partial charge in [0.25, 0.3) is 0 Å². The first-order valence-corrected chi connectivity index (χ1v) is 31.0. The number of esters is 2. The first-order valence-electron chi connectivity index (χ1n) is 31.0. The van der Waals surface area contributed by atoms with E-state index in [1.807, 2.05) is 0 Å². The maximum Gasteiger partial charge on any atom is 0.306 e. The van der Waals surface area contributed by atoms with Gasteiger partial charge < -0.3 is 14.6 Å². The molecule has 1 unspecified atom stereocenters. The number of carbonyl (C=O) groups is 2. The van der Waals surface area contributed by atoms with E-state index in [1.54, 1.807) is 0 Å². The third kappa shape index (κ3) is 62.1. The predicted octanol–water partition coefficient (Wildman–Crippen LogP) is 21.5. The highest BCUT2D eigenvalue weighted by molar-refractivity contribution is 5.70. The van der Waals surface area contributed by atoms with Gasteiger partial charge in [-0.25, -0.2) is 0 Å². The van der Waals surface area contributed by atoms with Crippen molar-refractivity contribution in [3.8, 4) is 0 Å². The Morgan fingerprint density at radius 3 is 0.855 bits per heavy atom. The number of hydrogen-bond donors (Lipinski definition) is 1. The quantitative estimate of drug-likeness (QED) is 0.0373. The van der Waals surface area contributed by atoms with Crippen molar-refractivity contribution in [1.82, 2.24) is 0 Å². The smallest absolute Gasteiger partial charge is 0.306 e. The first kappa shape index (κ1) is 71.5. The molecule has 0 radical (unpaired) electrons. The van der Waals surface area contributed by atoms with E-state index in [2.05, 4.69) is 172 Å². The number of aliphatic hydroxyl groups excluding tert-OH is 1. The molecule has 428 valence electrons. The molecule has 5 nitrogen and oxygen atoms in total. The number of hydrogen-bond acceptors (Lipinski definition) is 5. The van der Waals surface area contributed by atoms with Crippen LogP contribution in [0.15, 0.2) is 158 Å². The van der Waals surface area contributed by atoms with Crippen molar-refractivity contribution < 1.29 is 24.2 Å². The molecule has 0 saturated heterocycles. The van der Waals surface area contributed by atoms with Crippen LogP contribution < -0.4 is 0 Å². The summed E-state index contributed by atoms with van der Waals surface area (Å²) in [5, 5.41) is 9.67. The molecule has 5 heteroatoms. The summed E-state index contributed by atoms with van der Waals surface area (Å²) < 4.78 is 10.7. The van der Waals surface area contributed by atoms with Crippen LogP contribution in [0.4, 0.5) is 0 Å². The topological polar surface area (TPSA) is 72.8 Å². The Hall–Kier alpha value is -4.48. The van der Waals surface area contributed by atoms with Crippen LogP contribution in [0.25, 0.3) is 0 Å². The van der Waals surface area contributed by atoms with E-state index < -0.39 is 6.10 Å². The van der Waals surface area contributed by atoms with Gasteiger partial charge in [0.2, 0.25) is 0 Å². The fourth-order valence-corrected chi connectivity index (χ4v) is 8.18. The monoisotopic (exact) mass is 1050 g/mol. The zero-order chi connectivity index (χ0) is 54.8. The lowest BCUT2D eigenvalue weighted by Gasteiger charge is -2.15. The molecule has 0 bridgehead atoms. The molecule has 0 aromatic rings. The van der Waals surface area contributed by atoms with Crippen molar-refractivity contribution in [2.75, 3.05) is 13.2 Å². The summed E-state index contributed by atoms with van der Waals surface area (Å²) in [5.74, 6) is -0.615. The van der Waals surface area contributed by atoms with Crippen molar-refractivity contribution >= 4 is 11.9 Å². The van der Waals surface area contributed by atoms with Gasteiger partial charge in [0.1, 0.15) is 6.61 Å². The number of ether oxygens (including phenoxy) is 2. The summed E-state index contributed by atoms with van der Waals surface area (Å²) >= 11 is 0. The Labute approximate surface area is 469 Å². The van der Waals surface area contributed by atoms with E-state index in [-0.39, 0.29) is 25.2 Å². The highest BCUT2D eigenvalue weighted by Crippen LogP contribution is 2.14. The van der Waals surface area contributed by atoms with Gasteiger partial charge in [-0.15, -0.1) is 0 Å². The summed E-state index contributed by atoms with van der Waals surface area (Å²) in [4.78, 5) is 24.6. The largest absolute Gasteiger partial charge is 0.462 e. The molecule has 0 rings (SSSR count). The number of allylic oxidation sites excluding steroid dienone is 26. The van der Waals surface area contributed by atoms with Crippen LogP contribution in [0.2, 0.25) is 0 Å².